The predicted molar refractivity (Wildman–Crippen MR) is 159 cm³/mol. The van der Waals surface area contributed by atoms with Crippen molar-refractivity contribution in [3.63, 3.8) is 0 Å². The fourth-order valence-electron chi connectivity index (χ4n) is 4.10. The van der Waals surface area contributed by atoms with Crippen molar-refractivity contribution in [2.75, 3.05) is 40.4 Å². The summed E-state index contributed by atoms with van der Waals surface area (Å²) in [5.74, 6) is 1.80. The molecule has 0 N–H and O–H groups in total. The molecule has 0 heterocycles. The van der Waals surface area contributed by atoms with Crippen LogP contribution >= 0.6 is 24.8 Å². The minimum Gasteiger partial charge on any atom is -0.490 e. The van der Waals surface area contributed by atoms with E-state index in [1.165, 1.54) is 62.5 Å². The first-order valence-corrected chi connectivity index (χ1v) is 13.4. The number of rotatable bonds is 19. The van der Waals surface area contributed by atoms with Crippen LogP contribution in [0.2, 0.25) is 0 Å². The summed E-state index contributed by atoms with van der Waals surface area (Å²) < 4.78 is 11.7. The van der Waals surface area contributed by atoms with E-state index in [-0.39, 0.29) is 24.8 Å². The van der Waals surface area contributed by atoms with E-state index in [4.69, 9.17) is 9.47 Å². The SMILES string of the molecule is CCCCCCN(C)Cc1ccc(OCCOc2ccc(CN(C)CCCCCC)cc2)cc1.Cl.Cl. The average Bonchev–Trinajstić information content (AvgIpc) is 2.84. The van der Waals surface area contributed by atoms with Gasteiger partial charge in [0.15, 0.2) is 0 Å². The van der Waals surface area contributed by atoms with E-state index in [0.717, 1.165) is 37.7 Å². The van der Waals surface area contributed by atoms with Crippen LogP contribution in [0.1, 0.15) is 76.3 Å². The molecule has 0 spiro atoms. The van der Waals surface area contributed by atoms with E-state index in [0.29, 0.717) is 13.2 Å². The lowest BCUT2D eigenvalue weighted by molar-refractivity contribution is 0.217. The molecular weight excluding hydrogens is 491 g/mol. The number of hydrogen-bond acceptors (Lipinski definition) is 4. The third-order valence-electron chi connectivity index (χ3n) is 6.16. The Morgan fingerprint density at radius 1 is 0.528 bits per heavy atom. The summed E-state index contributed by atoms with van der Waals surface area (Å²) in [5.41, 5.74) is 2.65. The van der Waals surface area contributed by atoms with Gasteiger partial charge in [0.05, 0.1) is 0 Å². The highest BCUT2D eigenvalue weighted by atomic mass is 35.5. The normalized spacial score (nSPS) is 10.7. The lowest BCUT2D eigenvalue weighted by Gasteiger charge is -2.17. The quantitative estimate of drug-likeness (QED) is 0.168. The summed E-state index contributed by atoms with van der Waals surface area (Å²) in [6.07, 6.45) is 10.5. The topological polar surface area (TPSA) is 24.9 Å². The summed E-state index contributed by atoms with van der Waals surface area (Å²) in [5, 5.41) is 0. The second kappa shape index (κ2) is 21.6. The number of halogens is 2. The average molecular weight is 542 g/mol. The standard InChI is InChI=1S/C30H48N2O2.2ClH/c1-5-7-9-11-21-31(3)25-27-13-17-29(18-14-27)33-23-24-34-30-19-15-28(16-20-30)26-32(4)22-12-10-8-6-2;;/h13-20H,5-12,21-26H2,1-4H3;2*1H. The molecule has 6 heteroatoms. The van der Waals surface area contributed by atoms with E-state index in [1.54, 1.807) is 0 Å². The van der Waals surface area contributed by atoms with Crippen molar-refractivity contribution in [1.82, 2.24) is 9.80 Å². The van der Waals surface area contributed by atoms with Crippen LogP contribution in [0.15, 0.2) is 48.5 Å². The molecule has 0 saturated heterocycles. The molecule has 0 aromatic heterocycles. The lowest BCUT2D eigenvalue weighted by Crippen LogP contribution is -2.19. The van der Waals surface area contributed by atoms with Crippen molar-refractivity contribution in [2.24, 2.45) is 0 Å². The van der Waals surface area contributed by atoms with Gasteiger partial charge in [-0.05, 0) is 75.4 Å². The van der Waals surface area contributed by atoms with Crippen LogP contribution in [0.25, 0.3) is 0 Å². The Labute approximate surface area is 233 Å². The maximum absolute atomic E-state index is 5.87. The van der Waals surface area contributed by atoms with Gasteiger partial charge in [-0.1, -0.05) is 76.6 Å². The lowest BCUT2D eigenvalue weighted by atomic mass is 10.2. The number of ether oxygens (including phenoxy) is 2. The highest BCUT2D eigenvalue weighted by molar-refractivity contribution is 5.85. The molecule has 2 aromatic rings. The van der Waals surface area contributed by atoms with E-state index in [1.807, 2.05) is 0 Å². The van der Waals surface area contributed by atoms with Crippen LogP contribution in [0, 0.1) is 0 Å². The van der Waals surface area contributed by atoms with Crippen LogP contribution in [-0.4, -0.2) is 50.2 Å². The van der Waals surface area contributed by atoms with Crippen LogP contribution in [-0.2, 0) is 13.1 Å². The molecule has 0 aliphatic carbocycles. The van der Waals surface area contributed by atoms with Crippen molar-refractivity contribution < 1.29 is 9.47 Å². The molecule has 0 fully saturated rings. The third-order valence-corrected chi connectivity index (χ3v) is 6.16. The Kier molecular flexibility index (Phi) is 20.7. The largest absolute Gasteiger partial charge is 0.490 e. The summed E-state index contributed by atoms with van der Waals surface area (Å²) in [4.78, 5) is 4.80. The second-order valence-electron chi connectivity index (χ2n) is 9.58. The van der Waals surface area contributed by atoms with E-state index < -0.39 is 0 Å². The molecule has 0 amide bonds. The molecule has 0 bridgehead atoms. The minimum absolute atomic E-state index is 0. The summed E-state index contributed by atoms with van der Waals surface area (Å²) in [6, 6.07) is 16.9. The van der Waals surface area contributed by atoms with Gasteiger partial charge in [0.2, 0.25) is 0 Å². The monoisotopic (exact) mass is 540 g/mol. The molecule has 36 heavy (non-hydrogen) atoms. The van der Waals surface area contributed by atoms with Gasteiger partial charge in [-0.25, -0.2) is 0 Å². The molecule has 4 nitrogen and oxygen atoms in total. The number of benzene rings is 2. The molecule has 0 radical (unpaired) electrons. The van der Waals surface area contributed by atoms with Gasteiger partial charge in [0, 0.05) is 13.1 Å². The van der Waals surface area contributed by atoms with Gasteiger partial charge < -0.3 is 19.3 Å². The molecule has 0 saturated carbocycles. The zero-order valence-corrected chi connectivity index (χ0v) is 24.7. The number of unbranched alkanes of at least 4 members (excludes halogenated alkanes) is 6. The molecule has 2 aromatic carbocycles. The smallest absolute Gasteiger partial charge is 0.122 e. The van der Waals surface area contributed by atoms with Gasteiger partial charge in [-0.15, -0.1) is 24.8 Å². The van der Waals surface area contributed by atoms with Gasteiger partial charge in [0.25, 0.3) is 0 Å². The van der Waals surface area contributed by atoms with Crippen LogP contribution < -0.4 is 9.47 Å². The Bertz CT molecular complexity index is 691. The first kappa shape index (κ1) is 34.5. The molecule has 206 valence electrons. The predicted octanol–water partition coefficient (Wildman–Crippen LogP) is 8.01. The van der Waals surface area contributed by atoms with Crippen molar-refractivity contribution in [1.29, 1.82) is 0 Å². The first-order chi connectivity index (χ1) is 16.6. The maximum Gasteiger partial charge on any atom is 0.122 e. The van der Waals surface area contributed by atoms with Crippen LogP contribution in [0.3, 0.4) is 0 Å². The van der Waals surface area contributed by atoms with Gasteiger partial charge in [-0.3, -0.25) is 0 Å². The van der Waals surface area contributed by atoms with Crippen molar-refractivity contribution in [3.05, 3.63) is 59.7 Å². The molecular formula is C30H50Cl2N2O2. The molecule has 0 atom stereocenters. The maximum atomic E-state index is 5.87. The summed E-state index contributed by atoms with van der Waals surface area (Å²) in [6.45, 7) is 9.89. The Hall–Kier alpha value is -1.46. The van der Waals surface area contributed by atoms with E-state index in [2.05, 4.69) is 86.3 Å². The molecule has 0 aliphatic heterocycles. The zero-order valence-electron chi connectivity index (χ0n) is 23.0. The summed E-state index contributed by atoms with van der Waals surface area (Å²) in [7, 11) is 4.40. The van der Waals surface area contributed by atoms with Crippen LogP contribution in [0.5, 0.6) is 11.5 Å². The number of nitrogens with zero attached hydrogens (tertiary/aromatic N) is 2. The minimum atomic E-state index is 0. The Balaban J connectivity index is 0.00000612. The first-order valence-electron chi connectivity index (χ1n) is 13.4. The zero-order chi connectivity index (χ0) is 24.4. The van der Waals surface area contributed by atoms with Gasteiger partial charge in [-0.2, -0.15) is 0 Å². The summed E-state index contributed by atoms with van der Waals surface area (Å²) >= 11 is 0. The molecule has 0 aliphatic rings. The van der Waals surface area contributed by atoms with Crippen molar-refractivity contribution in [3.8, 4) is 11.5 Å². The van der Waals surface area contributed by atoms with Gasteiger partial charge in [0.1, 0.15) is 24.7 Å². The van der Waals surface area contributed by atoms with E-state index >= 15 is 0 Å². The Morgan fingerprint density at radius 2 is 0.889 bits per heavy atom. The molecule has 0 unspecified atom stereocenters. The Morgan fingerprint density at radius 3 is 1.22 bits per heavy atom. The van der Waals surface area contributed by atoms with Crippen molar-refractivity contribution >= 4 is 24.8 Å². The number of hydrogen-bond donors (Lipinski definition) is 0. The van der Waals surface area contributed by atoms with Gasteiger partial charge >= 0.3 is 0 Å². The highest BCUT2D eigenvalue weighted by Crippen LogP contribution is 2.16. The fraction of sp³-hybridized carbons (Fsp3) is 0.600. The molecule has 2 rings (SSSR count). The van der Waals surface area contributed by atoms with Crippen LogP contribution in [0.4, 0.5) is 0 Å². The third kappa shape index (κ3) is 15.6. The van der Waals surface area contributed by atoms with E-state index in [9.17, 15) is 0 Å². The van der Waals surface area contributed by atoms with Crippen molar-refractivity contribution in [2.45, 2.75) is 78.3 Å². The highest BCUT2D eigenvalue weighted by Gasteiger charge is 2.03. The fourth-order valence-corrected chi connectivity index (χ4v) is 4.10. The second-order valence-corrected chi connectivity index (χ2v) is 9.58.